The van der Waals surface area contributed by atoms with Crippen LogP contribution in [0, 0.1) is 0 Å². The Morgan fingerprint density at radius 2 is 1.96 bits per heavy atom. The van der Waals surface area contributed by atoms with E-state index in [1.807, 2.05) is 37.3 Å². The molecule has 3 aromatic rings. The standard InChI is InChI=1S/C19H19N3O4S/c1-2-16-15(19(24)22(21-16)14-6-4-3-5-7-14)11-20-17-10-13(12-27(25)26)8-9-18(17)23/h3-11,21,23H,2,12H2,1H3,(H,25,26). The van der Waals surface area contributed by atoms with Crippen molar-refractivity contribution in [2.45, 2.75) is 19.1 Å². The minimum atomic E-state index is -1.99. The zero-order valence-electron chi connectivity index (χ0n) is 14.6. The lowest BCUT2D eigenvalue weighted by Gasteiger charge is -2.02. The maximum absolute atomic E-state index is 12.8. The van der Waals surface area contributed by atoms with E-state index in [1.165, 1.54) is 23.0 Å². The predicted octanol–water partition coefficient (Wildman–Crippen LogP) is 2.91. The first-order valence-corrected chi connectivity index (χ1v) is 9.60. The molecule has 1 atom stereocenters. The molecule has 27 heavy (non-hydrogen) atoms. The highest BCUT2D eigenvalue weighted by Gasteiger charge is 2.13. The third-order valence-electron chi connectivity index (χ3n) is 4.04. The fraction of sp³-hybridized carbons (Fsp3) is 0.158. The highest BCUT2D eigenvalue weighted by Crippen LogP contribution is 2.27. The van der Waals surface area contributed by atoms with Crippen LogP contribution in [-0.2, 0) is 23.3 Å². The summed E-state index contributed by atoms with van der Waals surface area (Å²) in [7, 11) is 0. The van der Waals surface area contributed by atoms with E-state index in [1.54, 1.807) is 6.07 Å². The van der Waals surface area contributed by atoms with Gasteiger partial charge in [0.05, 0.1) is 17.0 Å². The Morgan fingerprint density at radius 3 is 2.63 bits per heavy atom. The molecule has 140 valence electrons. The van der Waals surface area contributed by atoms with Crippen molar-refractivity contribution in [1.82, 2.24) is 9.78 Å². The van der Waals surface area contributed by atoms with Crippen molar-refractivity contribution < 1.29 is 13.9 Å². The second-order valence-corrected chi connectivity index (χ2v) is 6.81. The summed E-state index contributed by atoms with van der Waals surface area (Å²) in [5.74, 6) is -0.135. The van der Waals surface area contributed by atoms with Gasteiger partial charge in [-0.1, -0.05) is 31.2 Å². The van der Waals surface area contributed by atoms with E-state index in [9.17, 15) is 14.1 Å². The van der Waals surface area contributed by atoms with E-state index in [0.29, 0.717) is 23.2 Å². The zero-order valence-corrected chi connectivity index (χ0v) is 15.4. The Bertz CT molecular complexity index is 1050. The van der Waals surface area contributed by atoms with Gasteiger partial charge in [-0.3, -0.25) is 14.9 Å². The molecular weight excluding hydrogens is 366 g/mol. The Balaban J connectivity index is 2.00. The molecule has 1 heterocycles. The number of hydrogen-bond acceptors (Lipinski definition) is 4. The summed E-state index contributed by atoms with van der Waals surface area (Å²) in [5, 5.41) is 13.1. The van der Waals surface area contributed by atoms with Crippen LogP contribution in [0.1, 0.15) is 23.7 Å². The average molecular weight is 385 g/mol. The van der Waals surface area contributed by atoms with E-state index in [4.69, 9.17) is 4.55 Å². The number of rotatable bonds is 6. The van der Waals surface area contributed by atoms with Crippen LogP contribution >= 0.6 is 0 Å². The number of phenolic OH excluding ortho intramolecular Hbond substituents is 1. The second-order valence-electron chi connectivity index (χ2n) is 5.88. The number of aromatic amines is 1. The zero-order chi connectivity index (χ0) is 19.4. The molecule has 7 nitrogen and oxygen atoms in total. The molecule has 1 aromatic heterocycles. The van der Waals surface area contributed by atoms with Gasteiger partial charge in [0.25, 0.3) is 5.56 Å². The van der Waals surface area contributed by atoms with Gasteiger partial charge < -0.3 is 9.66 Å². The fourth-order valence-corrected chi connectivity index (χ4v) is 3.16. The topological polar surface area (TPSA) is 108 Å². The van der Waals surface area contributed by atoms with Crippen LogP contribution in [0.2, 0.25) is 0 Å². The van der Waals surface area contributed by atoms with Crippen molar-refractivity contribution in [3.8, 4) is 11.4 Å². The van der Waals surface area contributed by atoms with Crippen molar-refractivity contribution in [2.75, 3.05) is 0 Å². The van der Waals surface area contributed by atoms with Crippen LogP contribution in [0.3, 0.4) is 0 Å². The molecule has 0 aliphatic rings. The molecular formula is C19H19N3O4S. The molecule has 0 saturated heterocycles. The summed E-state index contributed by atoms with van der Waals surface area (Å²) in [6.07, 6.45) is 2.01. The Kier molecular flexibility index (Phi) is 5.68. The van der Waals surface area contributed by atoms with Crippen molar-refractivity contribution in [1.29, 1.82) is 0 Å². The SMILES string of the molecule is CCc1[nH]n(-c2ccccc2)c(=O)c1C=Nc1cc(CS(=O)O)ccc1O. The largest absolute Gasteiger partial charge is 0.506 e. The molecule has 3 rings (SSSR count). The number of para-hydroxylation sites is 1. The molecule has 8 heteroatoms. The van der Waals surface area contributed by atoms with E-state index in [2.05, 4.69) is 10.1 Å². The maximum atomic E-state index is 12.8. The molecule has 0 saturated carbocycles. The summed E-state index contributed by atoms with van der Waals surface area (Å²) in [4.78, 5) is 17.0. The van der Waals surface area contributed by atoms with Crippen LogP contribution in [-0.4, -0.2) is 29.9 Å². The number of H-pyrrole nitrogens is 1. The van der Waals surface area contributed by atoms with Gasteiger partial charge in [0, 0.05) is 11.9 Å². The fourth-order valence-electron chi connectivity index (χ4n) is 2.70. The predicted molar refractivity (Wildman–Crippen MR) is 106 cm³/mol. The molecule has 0 radical (unpaired) electrons. The first-order valence-electron chi connectivity index (χ1n) is 8.32. The van der Waals surface area contributed by atoms with E-state index < -0.39 is 11.1 Å². The number of aromatic hydroxyl groups is 1. The monoisotopic (exact) mass is 385 g/mol. The van der Waals surface area contributed by atoms with Gasteiger partial charge in [-0.05, 0) is 36.2 Å². The number of aromatic nitrogens is 2. The number of nitrogens with one attached hydrogen (secondary N) is 1. The van der Waals surface area contributed by atoms with Gasteiger partial charge >= 0.3 is 0 Å². The lowest BCUT2D eigenvalue weighted by atomic mass is 10.2. The lowest BCUT2D eigenvalue weighted by molar-refractivity contribution is 0.476. The average Bonchev–Trinajstić information content (AvgIpc) is 2.98. The van der Waals surface area contributed by atoms with Crippen LogP contribution in [0.25, 0.3) is 5.69 Å². The molecule has 0 spiro atoms. The normalized spacial score (nSPS) is 12.5. The second kappa shape index (κ2) is 8.15. The smallest absolute Gasteiger partial charge is 0.280 e. The van der Waals surface area contributed by atoms with Gasteiger partial charge in [-0.25, -0.2) is 8.89 Å². The van der Waals surface area contributed by atoms with Gasteiger partial charge in [0.1, 0.15) is 11.4 Å². The number of hydrogen-bond donors (Lipinski definition) is 3. The number of aliphatic imine (C=N–C) groups is 1. The summed E-state index contributed by atoms with van der Waals surface area (Å²) >= 11 is -1.99. The Morgan fingerprint density at radius 1 is 1.22 bits per heavy atom. The molecule has 0 fully saturated rings. The molecule has 2 aromatic carbocycles. The number of aryl methyl sites for hydroxylation is 1. The van der Waals surface area contributed by atoms with E-state index in [-0.39, 0.29) is 22.7 Å². The van der Waals surface area contributed by atoms with Crippen molar-refractivity contribution >= 4 is 23.0 Å². The Labute approximate surface area is 158 Å². The molecule has 0 aliphatic heterocycles. The van der Waals surface area contributed by atoms with Crippen LogP contribution in [0.15, 0.2) is 58.3 Å². The van der Waals surface area contributed by atoms with Crippen molar-refractivity contribution in [2.24, 2.45) is 4.99 Å². The van der Waals surface area contributed by atoms with Gasteiger partial charge in [0.2, 0.25) is 0 Å². The highest BCUT2D eigenvalue weighted by atomic mass is 32.2. The first kappa shape index (κ1) is 18.8. The molecule has 0 amide bonds. The van der Waals surface area contributed by atoms with Crippen LogP contribution in [0.5, 0.6) is 5.75 Å². The summed E-state index contributed by atoms with van der Waals surface area (Å²) in [5.41, 5.74) is 2.39. The summed E-state index contributed by atoms with van der Waals surface area (Å²) in [6, 6.07) is 13.7. The molecule has 3 N–H and O–H groups in total. The van der Waals surface area contributed by atoms with Crippen molar-refractivity contribution in [3.05, 3.63) is 75.7 Å². The lowest BCUT2D eigenvalue weighted by Crippen LogP contribution is -2.17. The van der Waals surface area contributed by atoms with Crippen LogP contribution in [0.4, 0.5) is 5.69 Å². The van der Waals surface area contributed by atoms with E-state index >= 15 is 0 Å². The maximum Gasteiger partial charge on any atom is 0.280 e. The number of nitrogens with zero attached hydrogens (tertiary/aromatic N) is 2. The third kappa shape index (κ3) is 4.24. The minimum Gasteiger partial charge on any atom is -0.506 e. The Hall–Kier alpha value is -2.97. The van der Waals surface area contributed by atoms with Crippen LogP contribution < -0.4 is 5.56 Å². The minimum absolute atomic E-state index is 0.0615. The van der Waals surface area contributed by atoms with Crippen molar-refractivity contribution in [3.63, 3.8) is 0 Å². The number of benzene rings is 2. The quantitative estimate of drug-likeness (QED) is 0.448. The molecule has 1 unspecified atom stereocenters. The molecule has 0 bridgehead atoms. The van der Waals surface area contributed by atoms with Gasteiger partial charge in [-0.2, -0.15) is 0 Å². The first-order chi connectivity index (χ1) is 13.0. The molecule has 0 aliphatic carbocycles. The van der Waals surface area contributed by atoms with E-state index in [0.717, 1.165) is 5.69 Å². The highest BCUT2D eigenvalue weighted by molar-refractivity contribution is 7.78. The summed E-state index contributed by atoms with van der Waals surface area (Å²) < 4.78 is 21.4. The summed E-state index contributed by atoms with van der Waals surface area (Å²) in [6.45, 7) is 1.92. The number of phenols is 1. The van der Waals surface area contributed by atoms with Gasteiger partial charge in [0.15, 0.2) is 11.1 Å². The third-order valence-corrected chi connectivity index (χ3v) is 4.62. The van der Waals surface area contributed by atoms with Gasteiger partial charge in [-0.15, -0.1) is 0 Å².